The van der Waals surface area contributed by atoms with E-state index in [9.17, 15) is 5.11 Å². The summed E-state index contributed by atoms with van der Waals surface area (Å²) in [6, 6.07) is 0. The van der Waals surface area contributed by atoms with Crippen LogP contribution in [0.5, 0.6) is 0 Å². The molecule has 1 fully saturated rings. The zero-order valence-corrected chi connectivity index (χ0v) is 8.72. The molecule has 1 aromatic heterocycles. The summed E-state index contributed by atoms with van der Waals surface area (Å²) in [4.78, 5) is 4.55. The number of aliphatic hydroxyl groups excluding tert-OH is 1. The lowest BCUT2D eigenvalue weighted by molar-refractivity contribution is 0.133. The van der Waals surface area contributed by atoms with Crippen molar-refractivity contribution in [3.63, 3.8) is 0 Å². The number of rotatable bonds is 1. The maximum absolute atomic E-state index is 9.80. The number of ether oxygens (including phenoxy) is 1. The van der Waals surface area contributed by atoms with E-state index < -0.39 is 0 Å². The first-order valence-corrected chi connectivity index (χ1v) is 5.67. The number of fused-ring (bicyclic) bond motifs is 1. The summed E-state index contributed by atoms with van der Waals surface area (Å²) >= 11 is 0. The van der Waals surface area contributed by atoms with E-state index in [1.54, 1.807) is 0 Å². The molecule has 3 heterocycles. The molecule has 82 valence electrons. The zero-order chi connectivity index (χ0) is 10.3. The van der Waals surface area contributed by atoms with Crippen LogP contribution in [-0.2, 0) is 11.3 Å². The van der Waals surface area contributed by atoms with E-state index in [4.69, 9.17) is 4.74 Å². The lowest BCUT2D eigenvalue weighted by atomic mass is 10.1. The quantitative estimate of drug-likeness (QED) is 0.754. The first-order valence-electron chi connectivity index (χ1n) is 5.67. The second-order valence-electron chi connectivity index (χ2n) is 4.44. The van der Waals surface area contributed by atoms with Gasteiger partial charge in [0.15, 0.2) is 0 Å². The Kier molecular flexibility index (Phi) is 2.25. The minimum absolute atomic E-state index is 0.366. The van der Waals surface area contributed by atoms with Gasteiger partial charge in [-0.25, -0.2) is 4.98 Å². The van der Waals surface area contributed by atoms with E-state index in [1.165, 1.54) is 0 Å². The molecule has 0 aromatic carbocycles. The van der Waals surface area contributed by atoms with E-state index >= 15 is 0 Å². The Labute approximate surface area is 88.9 Å². The van der Waals surface area contributed by atoms with Crippen molar-refractivity contribution in [2.24, 2.45) is 0 Å². The van der Waals surface area contributed by atoms with Crippen molar-refractivity contribution < 1.29 is 9.84 Å². The van der Waals surface area contributed by atoms with Crippen molar-refractivity contribution in [1.29, 1.82) is 0 Å². The Morgan fingerprint density at radius 3 is 3.13 bits per heavy atom. The standard InChI is InChI=1S/C11H16N2O2/c14-10-2-1-4-13-6-9(12-11(10)13)8-3-5-15-7-8/h6,8,10,14H,1-5,7H2. The number of aliphatic hydroxyl groups is 1. The Morgan fingerprint density at radius 1 is 1.47 bits per heavy atom. The summed E-state index contributed by atoms with van der Waals surface area (Å²) in [5, 5.41) is 9.80. The third-order valence-electron chi connectivity index (χ3n) is 3.35. The fourth-order valence-electron chi connectivity index (χ4n) is 2.44. The van der Waals surface area contributed by atoms with Crippen LogP contribution in [-0.4, -0.2) is 27.9 Å². The molecule has 0 saturated carbocycles. The normalized spacial score (nSPS) is 30.5. The third kappa shape index (κ3) is 1.58. The average Bonchev–Trinajstić information content (AvgIpc) is 2.86. The summed E-state index contributed by atoms with van der Waals surface area (Å²) in [6.45, 7) is 2.62. The highest BCUT2D eigenvalue weighted by Gasteiger charge is 2.25. The average molecular weight is 208 g/mol. The smallest absolute Gasteiger partial charge is 0.137 e. The monoisotopic (exact) mass is 208 g/mol. The molecule has 0 aliphatic carbocycles. The molecule has 3 rings (SSSR count). The Morgan fingerprint density at radius 2 is 2.40 bits per heavy atom. The summed E-state index contributed by atoms with van der Waals surface area (Å²) in [6.07, 6.45) is 4.68. The molecule has 2 aliphatic heterocycles. The van der Waals surface area contributed by atoms with Crippen molar-refractivity contribution in [3.05, 3.63) is 17.7 Å². The van der Waals surface area contributed by atoms with Crippen molar-refractivity contribution >= 4 is 0 Å². The first kappa shape index (κ1) is 9.36. The summed E-state index contributed by atoms with van der Waals surface area (Å²) in [5.41, 5.74) is 1.10. The van der Waals surface area contributed by atoms with Crippen LogP contribution in [0.4, 0.5) is 0 Å². The maximum atomic E-state index is 9.80. The number of hydrogen-bond donors (Lipinski definition) is 1. The number of imidazole rings is 1. The number of aromatic nitrogens is 2. The number of nitrogens with zero attached hydrogens (tertiary/aromatic N) is 2. The topological polar surface area (TPSA) is 47.3 Å². The van der Waals surface area contributed by atoms with Gasteiger partial charge in [-0.3, -0.25) is 0 Å². The van der Waals surface area contributed by atoms with Gasteiger partial charge in [0.2, 0.25) is 0 Å². The van der Waals surface area contributed by atoms with Crippen LogP contribution in [0, 0.1) is 0 Å². The molecule has 0 radical (unpaired) electrons. The van der Waals surface area contributed by atoms with Gasteiger partial charge in [0.1, 0.15) is 11.9 Å². The van der Waals surface area contributed by atoms with Crippen molar-refractivity contribution in [1.82, 2.24) is 9.55 Å². The minimum Gasteiger partial charge on any atom is -0.385 e. The van der Waals surface area contributed by atoms with Crippen LogP contribution in [0.25, 0.3) is 0 Å². The van der Waals surface area contributed by atoms with Gasteiger partial charge in [-0.15, -0.1) is 0 Å². The Hall–Kier alpha value is -0.870. The first-order chi connectivity index (χ1) is 7.34. The predicted molar refractivity (Wildman–Crippen MR) is 54.6 cm³/mol. The SMILES string of the molecule is OC1CCCn2cc(C3CCOC3)nc21. The predicted octanol–water partition coefficient (Wildman–Crippen LogP) is 1.21. The molecule has 0 spiro atoms. The van der Waals surface area contributed by atoms with Crippen molar-refractivity contribution in [3.8, 4) is 0 Å². The van der Waals surface area contributed by atoms with E-state index in [0.29, 0.717) is 5.92 Å². The van der Waals surface area contributed by atoms with Crippen LogP contribution in [0.3, 0.4) is 0 Å². The summed E-state index contributed by atoms with van der Waals surface area (Å²) in [5.74, 6) is 1.29. The second kappa shape index (κ2) is 3.61. The highest BCUT2D eigenvalue weighted by atomic mass is 16.5. The zero-order valence-electron chi connectivity index (χ0n) is 8.72. The molecule has 4 nitrogen and oxygen atoms in total. The lowest BCUT2D eigenvalue weighted by Gasteiger charge is -2.18. The number of aryl methyl sites for hydroxylation is 1. The molecule has 0 bridgehead atoms. The van der Waals surface area contributed by atoms with Gasteiger partial charge < -0.3 is 14.4 Å². The highest BCUT2D eigenvalue weighted by molar-refractivity contribution is 5.13. The fourth-order valence-corrected chi connectivity index (χ4v) is 2.44. The molecule has 2 atom stereocenters. The van der Waals surface area contributed by atoms with Gasteiger partial charge in [-0.1, -0.05) is 0 Å². The van der Waals surface area contributed by atoms with Crippen molar-refractivity contribution in [2.75, 3.05) is 13.2 Å². The maximum Gasteiger partial charge on any atom is 0.137 e. The molecule has 1 saturated heterocycles. The lowest BCUT2D eigenvalue weighted by Crippen LogP contribution is -2.14. The van der Waals surface area contributed by atoms with E-state index in [2.05, 4.69) is 15.7 Å². The van der Waals surface area contributed by atoms with E-state index in [0.717, 1.165) is 50.5 Å². The molecular weight excluding hydrogens is 192 g/mol. The minimum atomic E-state index is -0.366. The molecule has 2 aliphatic rings. The van der Waals surface area contributed by atoms with Crippen LogP contribution < -0.4 is 0 Å². The van der Waals surface area contributed by atoms with Gasteiger partial charge in [0.25, 0.3) is 0 Å². The van der Waals surface area contributed by atoms with Gasteiger partial charge in [0, 0.05) is 25.3 Å². The molecule has 1 aromatic rings. The Balaban J connectivity index is 1.90. The van der Waals surface area contributed by atoms with Crippen LogP contribution in [0.2, 0.25) is 0 Å². The molecule has 0 amide bonds. The van der Waals surface area contributed by atoms with E-state index in [1.807, 2.05) is 0 Å². The van der Waals surface area contributed by atoms with Gasteiger partial charge in [-0.05, 0) is 19.3 Å². The third-order valence-corrected chi connectivity index (χ3v) is 3.35. The summed E-state index contributed by atoms with van der Waals surface area (Å²) < 4.78 is 7.46. The number of hydrogen-bond acceptors (Lipinski definition) is 3. The van der Waals surface area contributed by atoms with Gasteiger partial charge >= 0.3 is 0 Å². The van der Waals surface area contributed by atoms with Crippen LogP contribution >= 0.6 is 0 Å². The molecule has 4 heteroatoms. The molecule has 2 unspecified atom stereocenters. The van der Waals surface area contributed by atoms with Crippen LogP contribution in [0.1, 0.15) is 42.8 Å². The fraction of sp³-hybridized carbons (Fsp3) is 0.727. The second-order valence-corrected chi connectivity index (χ2v) is 4.44. The highest BCUT2D eigenvalue weighted by Crippen LogP contribution is 2.29. The molecular formula is C11H16N2O2. The van der Waals surface area contributed by atoms with Crippen molar-refractivity contribution in [2.45, 2.75) is 37.8 Å². The molecule has 1 N–H and O–H groups in total. The van der Waals surface area contributed by atoms with Gasteiger partial charge in [0.05, 0.1) is 12.3 Å². The largest absolute Gasteiger partial charge is 0.385 e. The molecule has 15 heavy (non-hydrogen) atoms. The summed E-state index contributed by atoms with van der Waals surface area (Å²) in [7, 11) is 0. The Bertz CT molecular complexity index is 355. The van der Waals surface area contributed by atoms with Crippen LogP contribution in [0.15, 0.2) is 6.20 Å². The van der Waals surface area contributed by atoms with E-state index in [-0.39, 0.29) is 6.10 Å². The van der Waals surface area contributed by atoms with Gasteiger partial charge in [-0.2, -0.15) is 0 Å².